The van der Waals surface area contributed by atoms with E-state index < -0.39 is 0 Å². The lowest BCUT2D eigenvalue weighted by atomic mass is 10.1. The van der Waals surface area contributed by atoms with Gasteiger partial charge >= 0.3 is 0 Å². The summed E-state index contributed by atoms with van der Waals surface area (Å²) in [6.45, 7) is 1.34. The van der Waals surface area contributed by atoms with Gasteiger partial charge in [-0.15, -0.1) is 11.3 Å². The fourth-order valence-corrected chi connectivity index (χ4v) is 4.07. The van der Waals surface area contributed by atoms with Crippen molar-refractivity contribution < 1.29 is 9.59 Å². The maximum Gasteiger partial charge on any atom is 0.263 e. The van der Waals surface area contributed by atoms with Crippen LogP contribution in [0.2, 0.25) is 0 Å². The molecule has 0 N–H and O–H groups in total. The summed E-state index contributed by atoms with van der Waals surface area (Å²) in [6.07, 6.45) is 5.79. The van der Waals surface area contributed by atoms with E-state index in [9.17, 15) is 9.59 Å². The zero-order valence-corrected chi connectivity index (χ0v) is 15.1. The first-order valence-electron chi connectivity index (χ1n) is 8.02. The number of carbonyl (C=O) groups is 2. The second-order valence-corrected chi connectivity index (χ2v) is 7.48. The van der Waals surface area contributed by atoms with Gasteiger partial charge < -0.3 is 9.80 Å². The van der Waals surface area contributed by atoms with Crippen molar-refractivity contribution in [2.24, 2.45) is 7.05 Å². The molecule has 0 saturated carbocycles. The van der Waals surface area contributed by atoms with E-state index in [1.54, 1.807) is 41.2 Å². The van der Waals surface area contributed by atoms with Crippen LogP contribution in [0.25, 0.3) is 0 Å². The van der Waals surface area contributed by atoms with Gasteiger partial charge in [-0.1, -0.05) is 0 Å². The van der Waals surface area contributed by atoms with E-state index in [-0.39, 0.29) is 11.8 Å². The van der Waals surface area contributed by atoms with Crippen LogP contribution in [0.5, 0.6) is 0 Å². The fourth-order valence-electron chi connectivity index (χ4n) is 2.88. The van der Waals surface area contributed by atoms with Crippen LogP contribution in [0.4, 0.5) is 0 Å². The summed E-state index contributed by atoms with van der Waals surface area (Å²) >= 11 is 1.56. The topological polar surface area (TPSA) is 58.4 Å². The molecule has 0 aliphatic carbocycles. The molecule has 0 bridgehead atoms. The van der Waals surface area contributed by atoms with Gasteiger partial charge in [-0.3, -0.25) is 14.3 Å². The molecule has 0 unspecified atom stereocenters. The third-order valence-corrected chi connectivity index (χ3v) is 5.45. The SMILES string of the molecule is CN(C)C(=O)c1cc2c(s1)CCN(C(=O)CCc1cnn(C)c1)C2. The molecule has 0 aromatic carbocycles. The highest BCUT2D eigenvalue weighted by atomic mass is 32.1. The monoisotopic (exact) mass is 346 g/mol. The van der Waals surface area contributed by atoms with Gasteiger partial charge in [0.15, 0.2) is 0 Å². The smallest absolute Gasteiger partial charge is 0.263 e. The number of aryl methyl sites for hydroxylation is 2. The van der Waals surface area contributed by atoms with Crippen LogP contribution in [0.1, 0.15) is 32.1 Å². The molecular formula is C17H22N4O2S. The van der Waals surface area contributed by atoms with Crippen LogP contribution in [0.15, 0.2) is 18.5 Å². The third-order valence-electron chi connectivity index (χ3n) is 4.22. The molecule has 128 valence electrons. The number of thiophene rings is 1. The van der Waals surface area contributed by atoms with Gasteiger partial charge in [-0.05, 0) is 30.0 Å². The average molecular weight is 346 g/mol. The molecule has 2 amide bonds. The summed E-state index contributed by atoms with van der Waals surface area (Å²) in [5, 5.41) is 4.13. The van der Waals surface area contributed by atoms with Crippen LogP contribution < -0.4 is 0 Å². The summed E-state index contributed by atoms with van der Waals surface area (Å²) in [4.78, 5) is 30.0. The molecular weight excluding hydrogens is 324 g/mol. The Hall–Kier alpha value is -2.15. The Balaban J connectivity index is 1.61. The van der Waals surface area contributed by atoms with Crippen molar-refractivity contribution in [1.82, 2.24) is 19.6 Å². The Labute approximate surface area is 145 Å². The van der Waals surface area contributed by atoms with Crippen molar-refractivity contribution in [2.45, 2.75) is 25.8 Å². The molecule has 2 aromatic heterocycles. The minimum atomic E-state index is 0.0313. The largest absolute Gasteiger partial charge is 0.344 e. The highest BCUT2D eigenvalue weighted by Gasteiger charge is 2.24. The van der Waals surface area contributed by atoms with E-state index in [2.05, 4.69) is 5.10 Å². The standard InChI is InChI=1S/C17H22N4O2S/c1-19(2)17(23)15-8-13-11-21(7-6-14(13)24-15)16(22)5-4-12-9-18-20(3)10-12/h8-10H,4-7,11H2,1-3H3. The van der Waals surface area contributed by atoms with Crippen LogP contribution >= 0.6 is 11.3 Å². The Kier molecular flexibility index (Phi) is 4.71. The number of fused-ring (bicyclic) bond motifs is 1. The van der Waals surface area contributed by atoms with Gasteiger partial charge in [0, 0.05) is 51.7 Å². The number of carbonyl (C=O) groups excluding carboxylic acids is 2. The van der Waals surface area contributed by atoms with E-state index in [4.69, 9.17) is 0 Å². The molecule has 0 atom stereocenters. The van der Waals surface area contributed by atoms with Crippen molar-refractivity contribution in [3.63, 3.8) is 0 Å². The average Bonchev–Trinajstić information content (AvgIpc) is 3.16. The number of amides is 2. The molecule has 0 spiro atoms. The van der Waals surface area contributed by atoms with E-state index in [1.807, 2.05) is 24.2 Å². The zero-order valence-electron chi connectivity index (χ0n) is 14.3. The van der Waals surface area contributed by atoms with Crippen molar-refractivity contribution in [3.8, 4) is 0 Å². The summed E-state index contributed by atoms with van der Waals surface area (Å²) in [7, 11) is 5.39. The molecule has 2 aromatic rings. The fraction of sp³-hybridized carbons (Fsp3) is 0.471. The molecule has 6 nitrogen and oxygen atoms in total. The van der Waals surface area contributed by atoms with Crippen molar-refractivity contribution in [3.05, 3.63) is 39.3 Å². The lowest BCUT2D eigenvalue weighted by Gasteiger charge is -2.27. The Morgan fingerprint density at radius 3 is 2.83 bits per heavy atom. The lowest BCUT2D eigenvalue weighted by Crippen LogP contribution is -2.35. The molecule has 3 rings (SSSR count). The lowest BCUT2D eigenvalue weighted by molar-refractivity contribution is -0.132. The van der Waals surface area contributed by atoms with Gasteiger partial charge in [-0.25, -0.2) is 0 Å². The van der Waals surface area contributed by atoms with Gasteiger partial charge in [0.05, 0.1) is 11.1 Å². The molecule has 0 radical (unpaired) electrons. The highest BCUT2D eigenvalue weighted by Crippen LogP contribution is 2.29. The molecule has 24 heavy (non-hydrogen) atoms. The van der Waals surface area contributed by atoms with Gasteiger partial charge in [-0.2, -0.15) is 5.10 Å². The molecule has 1 aliphatic rings. The third kappa shape index (κ3) is 3.51. The maximum atomic E-state index is 12.5. The van der Waals surface area contributed by atoms with Crippen molar-refractivity contribution in [1.29, 1.82) is 0 Å². The van der Waals surface area contributed by atoms with Crippen LogP contribution in [-0.4, -0.2) is 52.0 Å². The molecule has 7 heteroatoms. The number of nitrogens with zero attached hydrogens (tertiary/aromatic N) is 4. The number of aromatic nitrogens is 2. The molecule has 0 saturated heterocycles. The van der Waals surface area contributed by atoms with Crippen LogP contribution in [0.3, 0.4) is 0 Å². The predicted molar refractivity (Wildman–Crippen MR) is 93.0 cm³/mol. The number of hydrogen-bond donors (Lipinski definition) is 0. The predicted octanol–water partition coefficient (Wildman–Crippen LogP) is 1.70. The molecule has 3 heterocycles. The second kappa shape index (κ2) is 6.76. The first-order valence-corrected chi connectivity index (χ1v) is 8.84. The van der Waals surface area contributed by atoms with E-state index in [0.29, 0.717) is 19.4 Å². The van der Waals surface area contributed by atoms with E-state index in [0.717, 1.165) is 29.0 Å². The minimum absolute atomic E-state index is 0.0313. The normalized spacial score (nSPS) is 13.7. The van der Waals surface area contributed by atoms with Gasteiger partial charge in [0.1, 0.15) is 0 Å². The Bertz CT molecular complexity index is 762. The maximum absolute atomic E-state index is 12.5. The second-order valence-electron chi connectivity index (χ2n) is 6.35. The summed E-state index contributed by atoms with van der Waals surface area (Å²) in [5.41, 5.74) is 2.20. The van der Waals surface area contributed by atoms with Crippen LogP contribution in [-0.2, 0) is 31.2 Å². The first-order chi connectivity index (χ1) is 11.4. The summed E-state index contributed by atoms with van der Waals surface area (Å²) in [5.74, 6) is 0.194. The summed E-state index contributed by atoms with van der Waals surface area (Å²) in [6, 6.07) is 1.95. The number of rotatable bonds is 4. The van der Waals surface area contributed by atoms with E-state index >= 15 is 0 Å². The van der Waals surface area contributed by atoms with E-state index in [1.165, 1.54) is 4.88 Å². The number of hydrogen-bond acceptors (Lipinski definition) is 4. The van der Waals surface area contributed by atoms with Crippen molar-refractivity contribution >= 4 is 23.2 Å². The summed E-state index contributed by atoms with van der Waals surface area (Å²) < 4.78 is 1.75. The van der Waals surface area contributed by atoms with Crippen LogP contribution in [0, 0.1) is 0 Å². The first kappa shape index (κ1) is 16.7. The Morgan fingerprint density at radius 2 is 2.17 bits per heavy atom. The quantitative estimate of drug-likeness (QED) is 0.847. The highest BCUT2D eigenvalue weighted by molar-refractivity contribution is 7.14. The van der Waals surface area contributed by atoms with Gasteiger partial charge in [0.25, 0.3) is 5.91 Å². The van der Waals surface area contributed by atoms with Crippen molar-refractivity contribution in [2.75, 3.05) is 20.6 Å². The Morgan fingerprint density at radius 1 is 1.38 bits per heavy atom. The molecule has 1 aliphatic heterocycles. The van der Waals surface area contributed by atoms with Gasteiger partial charge in [0.2, 0.25) is 5.91 Å². The zero-order chi connectivity index (χ0) is 17.3. The molecule has 0 fully saturated rings. The minimum Gasteiger partial charge on any atom is -0.344 e.